The van der Waals surface area contributed by atoms with Crippen molar-refractivity contribution < 1.29 is 5.11 Å². The van der Waals surface area contributed by atoms with E-state index in [9.17, 15) is 5.11 Å². The summed E-state index contributed by atoms with van der Waals surface area (Å²) in [7, 11) is 0. The Balaban J connectivity index is 3.04. The maximum atomic E-state index is 9.40. The highest BCUT2D eigenvalue weighted by molar-refractivity contribution is 5.33. The van der Waals surface area contributed by atoms with Crippen LogP contribution in [0.5, 0.6) is 0 Å². The van der Waals surface area contributed by atoms with Gasteiger partial charge >= 0.3 is 0 Å². The molecule has 0 aliphatic rings. The topological polar surface area (TPSA) is 20.2 Å². The zero-order valence-electron chi connectivity index (χ0n) is 9.54. The largest absolute Gasteiger partial charge is 0.393 e. The maximum Gasteiger partial charge on any atom is 0.0552 e. The highest BCUT2D eigenvalue weighted by atomic mass is 16.3. The second kappa shape index (κ2) is 4.14. The molecular formula is C13H20O. The van der Waals surface area contributed by atoms with Gasteiger partial charge in [0.2, 0.25) is 0 Å². The molecule has 1 N–H and O–H groups in total. The summed E-state index contributed by atoms with van der Waals surface area (Å²) in [5.41, 5.74) is 2.75. The lowest BCUT2D eigenvalue weighted by Crippen LogP contribution is -2.16. The Morgan fingerprint density at radius 2 is 1.79 bits per heavy atom. The molecule has 0 bridgehead atoms. The van der Waals surface area contributed by atoms with Gasteiger partial charge in [-0.2, -0.15) is 0 Å². The second-order valence-electron chi connectivity index (χ2n) is 4.96. The van der Waals surface area contributed by atoms with Crippen LogP contribution in [-0.2, 0) is 11.8 Å². The van der Waals surface area contributed by atoms with E-state index in [1.807, 2.05) is 13.0 Å². The van der Waals surface area contributed by atoms with Crippen LogP contribution in [0.1, 0.15) is 38.8 Å². The van der Waals surface area contributed by atoms with E-state index in [1.54, 1.807) is 0 Å². The zero-order chi connectivity index (χ0) is 10.8. The third kappa shape index (κ3) is 2.85. The summed E-state index contributed by atoms with van der Waals surface area (Å²) in [5.74, 6) is 0. The summed E-state index contributed by atoms with van der Waals surface area (Å²) in [5, 5.41) is 9.40. The molecule has 0 aliphatic heterocycles. The van der Waals surface area contributed by atoms with Crippen molar-refractivity contribution in [2.45, 2.75) is 45.6 Å². The van der Waals surface area contributed by atoms with Gasteiger partial charge in [0, 0.05) is 0 Å². The van der Waals surface area contributed by atoms with Crippen LogP contribution in [0.4, 0.5) is 0 Å². The van der Waals surface area contributed by atoms with Crippen molar-refractivity contribution in [3.8, 4) is 0 Å². The van der Waals surface area contributed by atoms with Gasteiger partial charge in [-0.25, -0.2) is 0 Å². The Labute approximate surface area is 86.8 Å². The minimum Gasteiger partial charge on any atom is -0.393 e. The van der Waals surface area contributed by atoms with Crippen LogP contribution >= 0.6 is 0 Å². The molecule has 1 nitrogen and oxygen atoms in total. The fourth-order valence-electron chi connectivity index (χ4n) is 1.75. The first-order valence-corrected chi connectivity index (χ1v) is 5.17. The fraction of sp³-hybridized carbons (Fsp3) is 0.538. The third-order valence-corrected chi connectivity index (χ3v) is 2.34. The second-order valence-corrected chi connectivity index (χ2v) is 4.96. The van der Waals surface area contributed by atoms with Crippen LogP contribution in [0.15, 0.2) is 24.3 Å². The van der Waals surface area contributed by atoms with E-state index in [4.69, 9.17) is 0 Å². The summed E-state index contributed by atoms with van der Waals surface area (Å²) in [6.07, 6.45) is 0.478. The van der Waals surface area contributed by atoms with Crippen LogP contribution in [0, 0.1) is 0 Å². The lowest BCUT2D eigenvalue weighted by atomic mass is 9.82. The van der Waals surface area contributed by atoms with E-state index < -0.39 is 0 Å². The Kier molecular flexibility index (Phi) is 3.33. The summed E-state index contributed by atoms with van der Waals surface area (Å²) in [6.45, 7) is 8.44. The summed E-state index contributed by atoms with van der Waals surface area (Å²) < 4.78 is 0. The molecule has 1 atom stereocenters. The predicted molar refractivity (Wildman–Crippen MR) is 60.5 cm³/mol. The molecule has 0 spiro atoms. The quantitative estimate of drug-likeness (QED) is 0.764. The number of aliphatic hydroxyl groups excluding tert-OH is 1. The monoisotopic (exact) mass is 192 g/mol. The molecule has 0 heterocycles. The lowest BCUT2D eigenvalue weighted by Gasteiger charge is -2.23. The van der Waals surface area contributed by atoms with Gasteiger partial charge in [0.15, 0.2) is 0 Å². The molecule has 1 rings (SSSR count). The average Bonchev–Trinajstić information content (AvgIpc) is 2.01. The van der Waals surface area contributed by atoms with E-state index in [0.717, 1.165) is 6.42 Å². The molecule has 78 valence electrons. The van der Waals surface area contributed by atoms with E-state index >= 15 is 0 Å². The van der Waals surface area contributed by atoms with Gasteiger partial charge in [-0.3, -0.25) is 0 Å². The van der Waals surface area contributed by atoms with Crippen molar-refractivity contribution in [1.29, 1.82) is 0 Å². The van der Waals surface area contributed by atoms with Gasteiger partial charge in [0.05, 0.1) is 6.10 Å². The summed E-state index contributed by atoms with van der Waals surface area (Å²) in [4.78, 5) is 0. The molecule has 1 heteroatoms. The first-order valence-electron chi connectivity index (χ1n) is 5.17. The van der Waals surface area contributed by atoms with Crippen LogP contribution in [0.3, 0.4) is 0 Å². The highest BCUT2D eigenvalue weighted by Gasteiger charge is 2.17. The Hall–Kier alpha value is -0.820. The van der Waals surface area contributed by atoms with Crippen molar-refractivity contribution in [3.63, 3.8) is 0 Å². The van der Waals surface area contributed by atoms with Gasteiger partial charge in [0.1, 0.15) is 0 Å². The van der Waals surface area contributed by atoms with Crippen LogP contribution in [0.2, 0.25) is 0 Å². The summed E-state index contributed by atoms with van der Waals surface area (Å²) in [6, 6.07) is 8.35. The Morgan fingerprint density at radius 3 is 2.29 bits per heavy atom. The van der Waals surface area contributed by atoms with Crippen molar-refractivity contribution in [2.75, 3.05) is 0 Å². The van der Waals surface area contributed by atoms with Gasteiger partial charge < -0.3 is 5.11 Å². The average molecular weight is 192 g/mol. The summed E-state index contributed by atoms with van der Waals surface area (Å²) >= 11 is 0. The van der Waals surface area contributed by atoms with E-state index in [0.29, 0.717) is 0 Å². The molecular weight excluding hydrogens is 172 g/mol. The van der Waals surface area contributed by atoms with Crippen LogP contribution < -0.4 is 0 Å². The predicted octanol–water partition coefficient (Wildman–Crippen LogP) is 2.91. The molecule has 0 aliphatic carbocycles. The number of rotatable bonds is 2. The number of aliphatic hydroxyl groups is 1. The molecule has 0 saturated heterocycles. The van der Waals surface area contributed by atoms with Gasteiger partial charge in [-0.1, -0.05) is 45.0 Å². The standard InChI is InChI=1S/C13H20O/c1-10(14)9-11-7-5-6-8-12(11)13(2,3)4/h5-8,10,14H,9H2,1-4H3/t10-/m1/s1. The van der Waals surface area contributed by atoms with Crippen molar-refractivity contribution >= 4 is 0 Å². The normalized spacial score (nSPS) is 14.1. The van der Waals surface area contributed by atoms with Crippen molar-refractivity contribution in [1.82, 2.24) is 0 Å². The first-order chi connectivity index (χ1) is 6.41. The smallest absolute Gasteiger partial charge is 0.0552 e. The van der Waals surface area contributed by atoms with Crippen molar-refractivity contribution in [3.05, 3.63) is 35.4 Å². The molecule has 0 saturated carbocycles. The van der Waals surface area contributed by atoms with Gasteiger partial charge in [0.25, 0.3) is 0 Å². The molecule has 0 amide bonds. The third-order valence-electron chi connectivity index (χ3n) is 2.34. The lowest BCUT2D eigenvalue weighted by molar-refractivity contribution is 0.195. The van der Waals surface area contributed by atoms with Crippen LogP contribution in [-0.4, -0.2) is 11.2 Å². The molecule has 1 aromatic carbocycles. The Bertz CT molecular complexity index is 294. The molecule has 0 fully saturated rings. The van der Waals surface area contributed by atoms with E-state index in [1.165, 1.54) is 11.1 Å². The number of hydrogen-bond acceptors (Lipinski definition) is 1. The van der Waals surface area contributed by atoms with Gasteiger partial charge in [-0.15, -0.1) is 0 Å². The minimum atomic E-state index is -0.265. The highest BCUT2D eigenvalue weighted by Crippen LogP contribution is 2.26. The van der Waals surface area contributed by atoms with Crippen LogP contribution in [0.25, 0.3) is 0 Å². The molecule has 1 aromatic rings. The molecule has 14 heavy (non-hydrogen) atoms. The first kappa shape index (κ1) is 11.3. The van der Waals surface area contributed by atoms with E-state index in [2.05, 4.69) is 39.0 Å². The minimum absolute atomic E-state index is 0.158. The zero-order valence-corrected chi connectivity index (χ0v) is 9.54. The SMILES string of the molecule is C[C@@H](O)Cc1ccccc1C(C)(C)C. The maximum absolute atomic E-state index is 9.40. The molecule has 0 radical (unpaired) electrons. The van der Waals surface area contributed by atoms with Crippen molar-refractivity contribution in [2.24, 2.45) is 0 Å². The Morgan fingerprint density at radius 1 is 1.21 bits per heavy atom. The van der Waals surface area contributed by atoms with E-state index in [-0.39, 0.29) is 11.5 Å². The molecule has 0 unspecified atom stereocenters. The molecule has 0 aromatic heterocycles. The number of benzene rings is 1. The fourth-order valence-corrected chi connectivity index (χ4v) is 1.75. The van der Waals surface area contributed by atoms with Gasteiger partial charge in [-0.05, 0) is 29.9 Å². The number of hydrogen-bond donors (Lipinski definition) is 1.